The molecule has 2 aromatic heterocycles. The van der Waals surface area contributed by atoms with E-state index in [1.54, 1.807) is 0 Å². The summed E-state index contributed by atoms with van der Waals surface area (Å²) in [6, 6.07) is 0.311. The zero-order valence-corrected chi connectivity index (χ0v) is 16.3. The fourth-order valence-electron chi connectivity index (χ4n) is 3.68. The second-order valence-corrected chi connectivity index (χ2v) is 7.19. The minimum Gasteiger partial charge on any atom is -0.352 e. The lowest BCUT2D eigenvalue weighted by Crippen LogP contribution is -2.27. The molecule has 0 bridgehead atoms. The minimum atomic E-state index is -0.00417. The number of hydrogen-bond acceptors (Lipinski definition) is 5. The van der Waals surface area contributed by atoms with E-state index in [0.29, 0.717) is 19.0 Å². The summed E-state index contributed by atoms with van der Waals surface area (Å²) in [6.45, 7) is 7.38. The van der Waals surface area contributed by atoms with E-state index >= 15 is 0 Å². The highest BCUT2D eigenvalue weighted by atomic mass is 16.1. The largest absolute Gasteiger partial charge is 0.352 e. The van der Waals surface area contributed by atoms with Crippen LogP contribution in [0.25, 0.3) is 0 Å². The van der Waals surface area contributed by atoms with Gasteiger partial charge in [0.2, 0.25) is 5.91 Å². The van der Waals surface area contributed by atoms with Gasteiger partial charge in [0, 0.05) is 36.6 Å². The molecule has 7 heteroatoms. The van der Waals surface area contributed by atoms with Crippen molar-refractivity contribution in [1.82, 2.24) is 30.0 Å². The molecule has 0 radical (unpaired) electrons. The van der Waals surface area contributed by atoms with Crippen LogP contribution in [0, 0.1) is 20.8 Å². The Kier molecular flexibility index (Phi) is 5.36. The third kappa shape index (κ3) is 3.77. The molecule has 7 nitrogen and oxygen atoms in total. The molecule has 1 aliphatic rings. The standard InChI is InChI=1S/C19H28N6O/c1-12-16(13(2)25(5)23-12)9-18(26)21-11-15-10-20-14(3)22-19(15)17-7-6-8-24(17)4/h10,17H,6-9,11H2,1-5H3,(H,21,26)/t17-/m1/s1. The van der Waals surface area contributed by atoms with Gasteiger partial charge in [0.05, 0.1) is 23.9 Å². The summed E-state index contributed by atoms with van der Waals surface area (Å²) in [7, 11) is 4.03. The monoisotopic (exact) mass is 356 g/mol. The van der Waals surface area contributed by atoms with Gasteiger partial charge in [-0.3, -0.25) is 14.4 Å². The number of nitrogens with zero attached hydrogens (tertiary/aromatic N) is 5. The predicted octanol–water partition coefficient (Wildman–Crippen LogP) is 1.76. The zero-order valence-electron chi connectivity index (χ0n) is 16.3. The van der Waals surface area contributed by atoms with Crippen LogP contribution in [0.5, 0.6) is 0 Å². The van der Waals surface area contributed by atoms with Crippen LogP contribution in [0.15, 0.2) is 6.20 Å². The van der Waals surface area contributed by atoms with Crippen LogP contribution >= 0.6 is 0 Å². The molecular weight excluding hydrogens is 328 g/mol. The molecule has 1 N–H and O–H groups in total. The summed E-state index contributed by atoms with van der Waals surface area (Å²) in [4.78, 5) is 23.8. The van der Waals surface area contributed by atoms with Crippen molar-refractivity contribution < 1.29 is 4.79 Å². The molecule has 3 rings (SSSR count). The Labute approximate surface area is 154 Å². The van der Waals surface area contributed by atoms with E-state index in [4.69, 9.17) is 0 Å². The fourth-order valence-corrected chi connectivity index (χ4v) is 3.68. The number of carbonyl (C=O) groups is 1. The number of hydrogen-bond donors (Lipinski definition) is 1. The van der Waals surface area contributed by atoms with Gasteiger partial charge in [-0.15, -0.1) is 0 Å². The third-order valence-corrected chi connectivity index (χ3v) is 5.33. The summed E-state index contributed by atoms with van der Waals surface area (Å²) >= 11 is 0. The maximum absolute atomic E-state index is 12.5. The molecule has 0 spiro atoms. The van der Waals surface area contributed by atoms with Gasteiger partial charge >= 0.3 is 0 Å². The van der Waals surface area contributed by atoms with Crippen LogP contribution < -0.4 is 5.32 Å². The maximum atomic E-state index is 12.5. The lowest BCUT2D eigenvalue weighted by Gasteiger charge is -2.21. The smallest absolute Gasteiger partial charge is 0.224 e. The Balaban J connectivity index is 1.70. The Morgan fingerprint density at radius 1 is 1.31 bits per heavy atom. The van der Waals surface area contributed by atoms with E-state index in [9.17, 15) is 4.79 Å². The molecule has 1 atom stereocenters. The fraction of sp³-hybridized carbons (Fsp3) is 0.579. The highest BCUT2D eigenvalue weighted by Crippen LogP contribution is 2.31. The van der Waals surface area contributed by atoms with Crippen LogP contribution in [-0.4, -0.2) is 44.1 Å². The summed E-state index contributed by atoms with van der Waals surface area (Å²) in [5.41, 5.74) is 4.99. The van der Waals surface area contributed by atoms with Crippen molar-refractivity contribution in [2.75, 3.05) is 13.6 Å². The Bertz CT molecular complexity index is 813. The molecule has 0 aromatic carbocycles. The summed E-state index contributed by atoms with van der Waals surface area (Å²) in [6.07, 6.45) is 4.47. The van der Waals surface area contributed by atoms with Crippen molar-refractivity contribution in [2.24, 2.45) is 7.05 Å². The molecule has 0 aliphatic carbocycles. The molecule has 26 heavy (non-hydrogen) atoms. The van der Waals surface area contributed by atoms with E-state index in [0.717, 1.165) is 47.0 Å². The minimum absolute atomic E-state index is 0.00417. The van der Waals surface area contributed by atoms with E-state index < -0.39 is 0 Å². The normalized spacial score (nSPS) is 17.7. The predicted molar refractivity (Wildman–Crippen MR) is 99.6 cm³/mol. The van der Waals surface area contributed by atoms with Crippen LogP contribution in [0.4, 0.5) is 0 Å². The van der Waals surface area contributed by atoms with Gasteiger partial charge < -0.3 is 5.32 Å². The van der Waals surface area contributed by atoms with Crippen LogP contribution in [0.3, 0.4) is 0 Å². The average Bonchev–Trinajstić information content (AvgIpc) is 3.12. The maximum Gasteiger partial charge on any atom is 0.224 e. The molecule has 0 saturated carbocycles. The zero-order chi connectivity index (χ0) is 18.8. The molecule has 1 amide bonds. The number of rotatable bonds is 5. The molecule has 1 fully saturated rings. The lowest BCUT2D eigenvalue weighted by atomic mass is 10.1. The van der Waals surface area contributed by atoms with Gasteiger partial charge in [0.25, 0.3) is 0 Å². The van der Waals surface area contributed by atoms with Crippen LogP contribution in [-0.2, 0) is 24.8 Å². The topological polar surface area (TPSA) is 75.9 Å². The van der Waals surface area contributed by atoms with E-state index in [-0.39, 0.29) is 5.91 Å². The molecule has 2 aromatic rings. The summed E-state index contributed by atoms with van der Waals surface area (Å²) < 4.78 is 1.82. The van der Waals surface area contributed by atoms with E-state index in [1.807, 2.05) is 38.7 Å². The number of amides is 1. The van der Waals surface area contributed by atoms with Gasteiger partial charge in [-0.2, -0.15) is 5.10 Å². The second-order valence-electron chi connectivity index (χ2n) is 7.19. The van der Waals surface area contributed by atoms with E-state index in [1.165, 1.54) is 6.42 Å². The highest BCUT2D eigenvalue weighted by Gasteiger charge is 2.26. The van der Waals surface area contributed by atoms with Crippen LogP contribution in [0.2, 0.25) is 0 Å². The average molecular weight is 356 g/mol. The SMILES string of the molecule is Cc1ncc(CNC(=O)Cc2c(C)nn(C)c2C)c([C@H]2CCCN2C)n1. The highest BCUT2D eigenvalue weighted by molar-refractivity contribution is 5.79. The van der Waals surface area contributed by atoms with Crippen molar-refractivity contribution in [1.29, 1.82) is 0 Å². The number of nitrogens with one attached hydrogen (secondary N) is 1. The molecule has 140 valence electrons. The molecule has 1 saturated heterocycles. The van der Waals surface area contributed by atoms with Gasteiger partial charge in [0.15, 0.2) is 0 Å². The van der Waals surface area contributed by atoms with Gasteiger partial charge in [-0.05, 0) is 47.2 Å². The second kappa shape index (κ2) is 7.53. The van der Waals surface area contributed by atoms with Gasteiger partial charge in [0.1, 0.15) is 5.82 Å². The van der Waals surface area contributed by atoms with Gasteiger partial charge in [-0.25, -0.2) is 9.97 Å². The quantitative estimate of drug-likeness (QED) is 0.883. The number of aromatic nitrogens is 4. The summed E-state index contributed by atoms with van der Waals surface area (Å²) in [5, 5.41) is 7.41. The number of aryl methyl sites for hydroxylation is 3. The van der Waals surface area contributed by atoms with Crippen molar-refractivity contribution in [2.45, 2.75) is 52.6 Å². The van der Waals surface area contributed by atoms with Gasteiger partial charge in [-0.1, -0.05) is 0 Å². The Hall–Kier alpha value is -2.28. The first-order chi connectivity index (χ1) is 12.4. The molecule has 3 heterocycles. The Morgan fingerprint density at radius 2 is 2.08 bits per heavy atom. The van der Waals surface area contributed by atoms with Crippen molar-refractivity contribution in [3.63, 3.8) is 0 Å². The van der Waals surface area contributed by atoms with Crippen molar-refractivity contribution in [3.05, 3.63) is 40.2 Å². The third-order valence-electron chi connectivity index (χ3n) is 5.33. The number of likely N-dealkylation sites (tertiary alicyclic amines) is 1. The first-order valence-corrected chi connectivity index (χ1v) is 9.15. The molecule has 0 unspecified atom stereocenters. The summed E-state index contributed by atoms with van der Waals surface area (Å²) in [5.74, 6) is 0.771. The molecular formula is C19H28N6O. The van der Waals surface area contributed by atoms with Crippen molar-refractivity contribution in [3.8, 4) is 0 Å². The first kappa shape index (κ1) is 18.5. The lowest BCUT2D eigenvalue weighted by molar-refractivity contribution is -0.120. The van der Waals surface area contributed by atoms with Crippen molar-refractivity contribution >= 4 is 5.91 Å². The van der Waals surface area contributed by atoms with E-state index in [2.05, 4.69) is 32.3 Å². The van der Waals surface area contributed by atoms with Crippen LogP contribution in [0.1, 0.15) is 52.9 Å². The number of carbonyl (C=O) groups excluding carboxylic acids is 1. The first-order valence-electron chi connectivity index (χ1n) is 9.15. The molecule has 1 aliphatic heterocycles. The Morgan fingerprint density at radius 3 is 2.69 bits per heavy atom.